The van der Waals surface area contributed by atoms with E-state index in [2.05, 4.69) is 0 Å². The number of hydrogen-bond donors (Lipinski definition) is 0. The predicted octanol–water partition coefficient (Wildman–Crippen LogP) is -0.389. The maximum absolute atomic E-state index is 10.7. The number of hydroxylamine groups is 1. The van der Waals surface area contributed by atoms with Gasteiger partial charge in [-0.15, -0.1) is 0 Å². The molecular formula is C6H11NO3. The van der Waals surface area contributed by atoms with Crippen LogP contribution in [0.2, 0.25) is 0 Å². The molecule has 0 spiro atoms. The fourth-order valence-electron chi connectivity index (χ4n) is 1.02. The smallest absolute Gasteiger partial charge is 0.183 e. The molecule has 10 heavy (non-hydrogen) atoms. The lowest BCUT2D eigenvalue weighted by Gasteiger charge is -2.10. The Hall–Kier alpha value is -0.610. The Kier molecular flexibility index (Phi) is 2.24. The molecule has 4 heteroatoms. The van der Waals surface area contributed by atoms with E-state index in [1.165, 1.54) is 6.21 Å². The van der Waals surface area contributed by atoms with Gasteiger partial charge in [-0.25, -0.2) is 4.74 Å². The van der Waals surface area contributed by atoms with Gasteiger partial charge in [-0.05, 0) is 0 Å². The van der Waals surface area contributed by atoms with Crippen molar-refractivity contribution in [1.29, 1.82) is 0 Å². The summed E-state index contributed by atoms with van der Waals surface area (Å²) < 4.78 is 10.8. The van der Waals surface area contributed by atoms with Crippen LogP contribution >= 0.6 is 0 Å². The molecule has 1 heterocycles. The first-order valence-corrected chi connectivity index (χ1v) is 3.12. The molecule has 0 N–H and O–H groups in total. The molecule has 2 atom stereocenters. The molecule has 0 aromatic heterocycles. The lowest BCUT2D eigenvalue weighted by molar-refractivity contribution is -0.452. The lowest BCUT2D eigenvalue weighted by Crippen LogP contribution is -2.28. The minimum Gasteiger partial charge on any atom is -0.624 e. The molecular weight excluding hydrogens is 134 g/mol. The van der Waals surface area contributed by atoms with E-state index in [0.717, 1.165) is 4.74 Å². The third-order valence-corrected chi connectivity index (χ3v) is 1.61. The molecule has 58 valence electrons. The summed E-state index contributed by atoms with van der Waals surface area (Å²) in [5, 5.41) is 10.7. The van der Waals surface area contributed by atoms with Crippen LogP contribution in [0.15, 0.2) is 0 Å². The molecule has 0 amide bonds. The molecule has 1 rings (SSSR count). The first-order valence-electron chi connectivity index (χ1n) is 3.12. The molecule has 1 aliphatic heterocycles. The van der Waals surface area contributed by atoms with Gasteiger partial charge in [0.15, 0.2) is 25.0 Å². The Morgan fingerprint density at radius 1 is 1.50 bits per heavy atom. The third-order valence-electron chi connectivity index (χ3n) is 1.61. The lowest BCUT2D eigenvalue weighted by atomic mass is 10.2. The van der Waals surface area contributed by atoms with Gasteiger partial charge in [0, 0.05) is 14.2 Å². The monoisotopic (exact) mass is 145 g/mol. The van der Waals surface area contributed by atoms with Crippen LogP contribution in [0.25, 0.3) is 0 Å². The van der Waals surface area contributed by atoms with E-state index < -0.39 is 0 Å². The third kappa shape index (κ3) is 1.27. The minimum atomic E-state index is -0.178. The summed E-state index contributed by atoms with van der Waals surface area (Å²) in [5.74, 6) is 0. The SMILES string of the molecule is CO[C@H]1C=[N+]([O-])C[C@@H]1OC. The van der Waals surface area contributed by atoms with Gasteiger partial charge < -0.3 is 14.7 Å². The number of nitrogens with zero attached hydrogens (tertiary/aromatic N) is 1. The van der Waals surface area contributed by atoms with Crippen LogP contribution in [0.5, 0.6) is 0 Å². The Balaban J connectivity index is 2.52. The van der Waals surface area contributed by atoms with Gasteiger partial charge in [0.1, 0.15) is 0 Å². The van der Waals surface area contributed by atoms with E-state index in [1.54, 1.807) is 14.2 Å². The molecule has 4 nitrogen and oxygen atoms in total. The Morgan fingerprint density at radius 2 is 2.20 bits per heavy atom. The van der Waals surface area contributed by atoms with Crippen LogP contribution in [0.4, 0.5) is 0 Å². The zero-order chi connectivity index (χ0) is 7.56. The van der Waals surface area contributed by atoms with Crippen LogP contribution in [0.1, 0.15) is 0 Å². The van der Waals surface area contributed by atoms with Crippen LogP contribution in [0, 0.1) is 5.21 Å². The quantitative estimate of drug-likeness (QED) is 0.392. The highest BCUT2D eigenvalue weighted by Crippen LogP contribution is 2.06. The summed E-state index contributed by atoms with van der Waals surface area (Å²) in [6.45, 7) is 0.370. The van der Waals surface area contributed by atoms with Crippen molar-refractivity contribution in [1.82, 2.24) is 0 Å². The van der Waals surface area contributed by atoms with Crippen molar-refractivity contribution in [3.05, 3.63) is 5.21 Å². The minimum absolute atomic E-state index is 0.109. The maximum atomic E-state index is 10.7. The average Bonchev–Trinajstić information content (AvgIpc) is 2.30. The van der Waals surface area contributed by atoms with Gasteiger partial charge in [0.05, 0.1) is 0 Å². The normalized spacial score (nSPS) is 32.4. The fourth-order valence-corrected chi connectivity index (χ4v) is 1.02. The number of methoxy groups -OCH3 is 2. The van der Waals surface area contributed by atoms with Crippen molar-refractivity contribution in [2.75, 3.05) is 20.8 Å². The van der Waals surface area contributed by atoms with Crippen LogP contribution in [-0.4, -0.2) is 43.9 Å². The molecule has 0 radical (unpaired) electrons. The summed E-state index contributed by atoms with van der Waals surface area (Å²) in [6.07, 6.45) is 1.19. The second-order valence-electron chi connectivity index (χ2n) is 2.22. The van der Waals surface area contributed by atoms with Crippen molar-refractivity contribution < 1.29 is 14.2 Å². The Morgan fingerprint density at radius 3 is 2.60 bits per heavy atom. The van der Waals surface area contributed by atoms with E-state index >= 15 is 0 Å². The van der Waals surface area contributed by atoms with E-state index in [1.807, 2.05) is 0 Å². The zero-order valence-corrected chi connectivity index (χ0v) is 6.11. The molecule has 0 unspecified atom stereocenters. The number of ether oxygens (including phenoxy) is 2. The topological polar surface area (TPSA) is 44.5 Å². The fraction of sp³-hybridized carbons (Fsp3) is 0.833. The van der Waals surface area contributed by atoms with Crippen LogP contribution in [-0.2, 0) is 9.47 Å². The van der Waals surface area contributed by atoms with Crippen molar-refractivity contribution in [3.63, 3.8) is 0 Å². The molecule has 0 bridgehead atoms. The summed E-state index contributed by atoms with van der Waals surface area (Å²) in [6, 6.07) is 0. The maximum Gasteiger partial charge on any atom is 0.183 e. The Bertz CT molecular complexity index is 146. The molecule has 1 aliphatic rings. The van der Waals surface area contributed by atoms with Gasteiger partial charge in [0.25, 0.3) is 0 Å². The van der Waals surface area contributed by atoms with Crippen LogP contribution in [0.3, 0.4) is 0 Å². The molecule has 0 saturated heterocycles. The molecule has 0 fully saturated rings. The van der Waals surface area contributed by atoms with Gasteiger partial charge in [-0.3, -0.25) is 0 Å². The van der Waals surface area contributed by atoms with Gasteiger partial charge in [0.2, 0.25) is 0 Å². The first kappa shape index (κ1) is 7.50. The van der Waals surface area contributed by atoms with Crippen molar-refractivity contribution in [3.8, 4) is 0 Å². The average molecular weight is 145 g/mol. The van der Waals surface area contributed by atoms with Gasteiger partial charge >= 0.3 is 0 Å². The largest absolute Gasteiger partial charge is 0.624 e. The van der Waals surface area contributed by atoms with E-state index in [4.69, 9.17) is 9.47 Å². The predicted molar refractivity (Wildman–Crippen MR) is 36.2 cm³/mol. The van der Waals surface area contributed by atoms with Gasteiger partial charge in [-0.2, -0.15) is 0 Å². The number of hydrogen-bond acceptors (Lipinski definition) is 3. The van der Waals surface area contributed by atoms with Crippen molar-refractivity contribution >= 4 is 6.21 Å². The molecule has 0 aromatic carbocycles. The first-order chi connectivity index (χ1) is 4.77. The summed E-state index contributed by atoms with van der Waals surface area (Å²) in [4.78, 5) is 0. The molecule has 0 aromatic rings. The van der Waals surface area contributed by atoms with Gasteiger partial charge in [-0.1, -0.05) is 0 Å². The van der Waals surface area contributed by atoms with Crippen molar-refractivity contribution in [2.24, 2.45) is 0 Å². The highest BCUT2D eigenvalue weighted by molar-refractivity contribution is 5.60. The van der Waals surface area contributed by atoms with E-state index in [9.17, 15) is 5.21 Å². The molecule has 0 aliphatic carbocycles. The van der Waals surface area contributed by atoms with Crippen molar-refractivity contribution in [2.45, 2.75) is 12.2 Å². The summed E-state index contributed by atoms with van der Waals surface area (Å²) >= 11 is 0. The highest BCUT2D eigenvalue weighted by atomic mass is 16.5. The zero-order valence-electron chi connectivity index (χ0n) is 6.11. The number of rotatable bonds is 2. The van der Waals surface area contributed by atoms with Crippen LogP contribution < -0.4 is 0 Å². The standard InChI is InChI=1S/C6H11NO3/c1-9-5-3-7(8)4-6(5)10-2/h3,5-6H,4H2,1-2H3/t5-,6-/m0/s1. The Labute approximate surface area is 59.6 Å². The highest BCUT2D eigenvalue weighted by Gasteiger charge is 2.31. The second-order valence-corrected chi connectivity index (χ2v) is 2.22. The summed E-state index contributed by atoms with van der Waals surface area (Å²) in [5.41, 5.74) is 0. The van der Waals surface area contributed by atoms with E-state index in [-0.39, 0.29) is 12.2 Å². The summed E-state index contributed by atoms with van der Waals surface area (Å²) in [7, 11) is 3.13. The second kappa shape index (κ2) is 2.98. The van der Waals surface area contributed by atoms with E-state index in [0.29, 0.717) is 6.54 Å². The molecule has 0 saturated carbocycles.